The number of hydrogen-bond donors (Lipinski definition) is 0. The summed E-state index contributed by atoms with van der Waals surface area (Å²) in [6, 6.07) is 11.3. The molecule has 3 aliphatic carbocycles. The van der Waals surface area contributed by atoms with Gasteiger partial charge >= 0.3 is 0 Å². The molecule has 3 unspecified atom stereocenters. The van der Waals surface area contributed by atoms with Crippen molar-refractivity contribution >= 4 is 10.8 Å². The average Bonchev–Trinajstić information content (AvgIpc) is 3.13. The largest absolute Gasteiger partial charge is 0.497 e. The van der Waals surface area contributed by atoms with E-state index in [1.54, 1.807) is 18.2 Å². The van der Waals surface area contributed by atoms with Gasteiger partial charge in [-0.25, -0.2) is 0 Å². The van der Waals surface area contributed by atoms with E-state index in [4.69, 9.17) is 4.74 Å². The SMILES string of the molecule is COc1ccc2cc3c(cc2c1)CCC1(C3)CC2C=CC1C2. The number of rotatable bonds is 1. The van der Waals surface area contributed by atoms with Crippen LogP contribution in [0, 0.1) is 17.3 Å². The predicted molar refractivity (Wildman–Crippen MR) is 90.3 cm³/mol. The molecular formula is C21H22O. The molecule has 0 amide bonds. The van der Waals surface area contributed by atoms with Crippen molar-refractivity contribution < 1.29 is 4.74 Å². The van der Waals surface area contributed by atoms with Crippen molar-refractivity contribution in [2.75, 3.05) is 7.11 Å². The van der Waals surface area contributed by atoms with Crippen LogP contribution < -0.4 is 4.74 Å². The molecule has 2 aromatic carbocycles. The first-order valence-corrected chi connectivity index (χ1v) is 8.54. The monoisotopic (exact) mass is 290 g/mol. The minimum atomic E-state index is 0.576. The summed E-state index contributed by atoms with van der Waals surface area (Å²) in [4.78, 5) is 0. The number of benzene rings is 2. The predicted octanol–water partition coefficient (Wildman–Crippen LogP) is 4.92. The van der Waals surface area contributed by atoms with Crippen LogP contribution in [0.15, 0.2) is 42.5 Å². The summed E-state index contributed by atoms with van der Waals surface area (Å²) in [6.45, 7) is 0. The van der Waals surface area contributed by atoms with Crippen molar-refractivity contribution in [3.63, 3.8) is 0 Å². The van der Waals surface area contributed by atoms with E-state index in [2.05, 4.69) is 42.5 Å². The van der Waals surface area contributed by atoms with E-state index in [0.29, 0.717) is 5.41 Å². The topological polar surface area (TPSA) is 9.23 Å². The summed E-state index contributed by atoms with van der Waals surface area (Å²) in [5, 5.41) is 2.68. The highest BCUT2D eigenvalue weighted by atomic mass is 16.5. The zero-order valence-corrected chi connectivity index (χ0v) is 13.1. The van der Waals surface area contributed by atoms with E-state index < -0.39 is 0 Å². The molecule has 2 bridgehead atoms. The zero-order chi connectivity index (χ0) is 14.7. The van der Waals surface area contributed by atoms with Crippen molar-refractivity contribution in [2.45, 2.75) is 32.1 Å². The minimum Gasteiger partial charge on any atom is -0.497 e. The molecule has 0 aliphatic heterocycles. The van der Waals surface area contributed by atoms with E-state index in [1.807, 2.05) is 0 Å². The van der Waals surface area contributed by atoms with Gasteiger partial charge in [-0.05, 0) is 83.4 Å². The Morgan fingerprint density at radius 3 is 2.73 bits per heavy atom. The van der Waals surface area contributed by atoms with Gasteiger partial charge in [0, 0.05) is 0 Å². The second kappa shape index (κ2) is 4.38. The first-order chi connectivity index (χ1) is 10.8. The lowest BCUT2D eigenvalue weighted by Crippen LogP contribution is -2.32. The molecule has 0 radical (unpaired) electrons. The van der Waals surface area contributed by atoms with Crippen molar-refractivity contribution in [2.24, 2.45) is 17.3 Å². The third-order valence-corrected chi connectivity index (χ3v) is 6.43. The quantitative estimate of drug-likeness (QED) is 0.677. The molecule has 2 aromatic rings. The first kappa shape index (κ1) is 12.8. The minimum absolute atomic E-state index is 0.576. The van der Waals surface area contributed by atoms with Gasteiger partial charge in [0.05, 0.1) is 7.11 Å². The normalized spacial score (nSPS) is 31.9. The van der Waals surface area contributed by atoms with Crippen LogP contribution in [0.3, 0.4) is 0 Å². The van der Waals surface area contributed by atoms with Crippen molar-refractivity contribution in [3.05, 3.63) is 53.6 Å². The standard InChI is InChI=1S/C21H22O/c1-22-20-5-3-15-10-18-13-21(12-14-2-4-19(21)8-14)7-6-16(18)9-17(15)11-20/h2-5,9-11,14,19H,6-8,12-13H2,1H3. The Kier molecular flexibility index (Phi) is 2.54. The molecule has 0 saturated heterocycles. The van der Waals surface area contributed by atoms with Crippen LogP contribution in [0.2, 0.25) is 0 Å². The van der Waals surface area contributed by atoms with Crippen molar-refractivity contribution in [3.8, 4) is 5.75 Å². The second-order valence-electron chi connectivity index (χ2n) is 7.56. The Bertz CT molecular complexity index is 788. The zero-order valence-electron chi connectivity index (χ0n) is 13.1. The Labute approximate surface area is 132 Å². The summed E-state index contributed by atoms with van der Waals surface area (Å²) in [5.41, 5.74) is 3.75. The van der Waals surface area contributed by atoms with E-state index >= 15 is 0 Å². The molecule has 1 saturated carbocycles. The Balaban J connectivity index is 1.57. The molecule has 5 rings (SSSR count). The third kappa shape index (κ3) is 1.71. The van der Waals surface area contributed by atoms with E-state index in [-0.39, 0.29) is 0 Å². The molecule has 1 fully saturated rings. The molecule has 1 heteroatoms. The number of hydrogen-bond acceptors (Lipinski definition) is 1. The summed E-state index contributed by atoms with van der Waals surface area (Å²) in [6.07, 6.45) is 11.7. The number of fused-ring (bicyclic) bond motifs is 5. The summed E-state index contributed by atoms with van der Waals surface area (Å²) >= 11 is 0. The Morgan fingerprint density at radius 1 is 1.05 bits per heavy atom. The number of aryl methyl sites for hydroxylation is 1. The molecular weight excluding hydrogens is 268 g/mol. The van der Waals surface area contributed by atoms with Crippen LogP contribution in [-0.4, -0.2) is 7.11 Å². The lowest BCUT2D eigenvalue weighted by molar-refractivity contribution is 0.195. The Hall–Kier alpha value is -1.76. The molecule has 112 valence electrons. The maximum absolute atomic E-state index is 5.37. The van der Waals surface area contributed by atoms with Gasteiger partial charge in [0.1, 0.15) is 5.75 Å². The first-order valence-electron chi connectivity index (χ1n) is 8.54. The fourth-order valence-corrected chi connectivity index (χ4v) is 5.29. The van der Waals surface area contributed by atoms with Crippen LogP contribution >= 0.6 is 0 Å². The highest BCUT2D eigenvalue weighted by Gasteiger charge is 2.49. The number of methoxy groups -OCH3 is 1. The van der Waals surface area contributed by atoms with Crippen LogP contribution in [0.4, 0.5) is 0 Å². The van der Waals surface area contributed by atoms with Gasteiger partial charge in [0.25, 0.3) is 0 Å². The van der Waals surface area contributed by atoms with Gasteiger partial charge in [-0.1, -0.05) is 30.4 Å². The molecule has 3 atom stereocenters. The van der Waals surface area contributed by atoms with Gasteiger partial charge < -0.3 is 4.74 Å². The summed E-state index contributed by atoms with van der Waals surface area (Å²) in [7, 11) is 1.74. The van der Waals surface area contributed by atoms with Gasteiger partial charge in [-0.15, -0.1) is 0 Å². The lowest BCUT2D eigenvalue weighted by atomic mass is 9.64. The molecule has 0 aromatic heterocycles. The van der Waals surface area contributed by atoms with Crippen LogP contribution in [-0.2, 0) is 12.8 Å². The van der Waals surface area contributed by atoms with E-state index in [9.17, 15) is 0 Å². The molecule has 1 spiro atoms. The molecule has 0 N–H and O–H groups in total. The molecule has 22 heavy (non-hydrogen) atoms. The van der Waals surface area contributed by atoms with Gasteiger partial charge in [0.15, 0.2) is 0 Å². The van der Waals surface area contributed by atoms with Gasteiger partial charge in [-0.3, -0.25) is 0 Å². The fraction of sp³-hybridized carbons (Fsp3) is 0.429. The van der Waals surface area contributed by atoms with Gasteiger partial charge in [0.2, 0.25) is 0 Å². The average molecular weight is 290 g/mol. The molecule has 0 heterocycles. The van der Waals surface area contributed by atoms with Crippen LogP contribution in [0.5, 0.6) is 5.75 Å². The fourth-order valence-electron chi connectivity index (χ4n) is 5.29. The van der Waals surface area contributed by atoms with E-state index in [0.717, 1.165) is 17.6 Å². The lowest BCUT2D eigenvalue weighted by Gasteiger charge is -2.40. The van der Waals surface area contributed by atoms with Crippen molar-refractivity contribution in [1.29, 1.82) is 0 Å². The second-order valence-corrected chi connectivity index (χ2v) is 7.56. The van der Waals surface area contributed by atoms with E-state index in [1.165, 1.54) is 42.9 Å². The third-order valence-electron chi connectivity index (χ3n) is 6.43. The maximum Gasteiger partial charge on any atom is 0.119 e. The van der Waals surface area contributed by atoms with Gasteiger partial charge in [-0.2, -0.15) is 0 Å². The van der Waals surface area contributed by atoms with Crippen molar-refractivity contribution in [1.82, 2.24) is 0 Å². The number of ether oxygens (including phenoxy) is 1. The molecule has 1 nitrogen and oxygen atoms in total. The highest BCUT2D eigenvalue weighted by molar-refractivity contribution is 5.85. The van der Waals surface area contributed by atoms with Crippen LogP contribution in [0.1, 0.15) is 30.4 Å². The van der Waals surface area contributed by atoms with Crippen LogP contribution in [0.25, 0.3) is 10.8 Å². The molecule has 3 aliphatic rings. The smallest absolute Gasteiger partial charge is 0.119 e. The number of allylic oxidation sites excluding steroid dienone is 2. The maximum atomic E-state index is 5.37. The Morgan fingerprint density at radius 2 is 1.95 bits per heavy atom. The summed E-state index contributed by atoms with van der Waals surface area (Å²) < 4.78 is 5.37. The summed E-state index contributed by atoms with van der Waals surface area (Å²) in [5.74, 6) is 2.67. The highest BCUT2D eigenvalue weighted by Crippen LogP contribution is 2.57.